The van der Waals surface area contributed by atoms with Gasteiger partial charge in [-0.05, 0) is 42.8 Å². The van der Waals surface area contributed by atoms with Gasteiger partial charge in [-0.25, -0.2) is 0 Å². The summed E-state index contributed by atoms with van der Waals surface area (Å²) >= 11 is 1.36. The molecule has 9 heteroatoms. The molecule has 174 valence electrons. The van der Waals surface area contributed by atoms with Gasteiger partial charge >= 0.3 is 0 Å². The van der Waals surface area contributed by atoms with Crippen LogP contribution in [-0.4, -0.2) is 51.6 Å². The molecule has 1 amide bonds. The van der Waals surface area contributed by atoms with E-state index in [2.05, 4.69) is 10.2 Å². The van der Waals surface area contributed by atoms with Crippen molar-refractivity contribution < 1.29 is 18.7 Å². The minimum absolute atomic E-state index is 0.0106. The Kier molecular flexibility index (Phi) is 6.27. The lowest BCUT2D eigenvalue weighted by atomic mass is 10.2. The summed E-state index contributed by atoms with van der Waals surface area (Å²) in [5, 5.41) is 9.44. The SMILES string of the molecule is Cc1occc1-c1nnc(SCC(=O)N(C)Cc2ccc3c(c2)OCCO3)n1-c1ccccc1. The molecule has 3 heterocycles. The molecule has 0 spiro atoms. The number of carbonyl (C=O) groups is 1. The van der Waals surface area contributed by atoms with Crippen LogP contribution < -0.4 is 9.47 Å². The maximum Gasteiger partial charge on any atom is 0.233 e. The molecular formula is C25H24N4O4S. The van der Waals surface area contributed by atoms with Gasteiger partial charge in [0.15, 0.2) is 22.5 Å². The van der Waals surface area contributed by atoms with Crippen LogP contribution in [0.2, 0.25) is 0 Å². The first kappa shape index (κ1) is 22.1. The highest BCUT2D eigenvalue weighted by molar-refractivity contribution is 7.99. The lowest BCUT2D eigenvalue weighted by molar-refractivity contribution is -0.127. The summed E-state index contributed by atoms with van der Waals surface area (Å²) in [6, 6.07) is 17.5. The summed E-state index contributed by atoms with van der Waals surface area (Å²) in [6.07, 6.45) is 1.64. The van der Waals surface area contributed by atoms with Gasteiger partial charge in [-0.3, -0.25) is 9.36 Å². The number of carbonyl (C=O) groups excluding carboxylic acids is 1. The predicted octanol–water partition coefficient (Wildman–Crippen LogP) is 4.36. The summed E-state index contributed by atoms with van der Waals surface area (Å²) in [4.78, 5) is 14.6. The van der Waals surface area contributed by atoms with Crippen molar-refractivity contribution in [3.05, 3.63) is 72.2 Å². The van der Waals surface area contributed by atoms with Gasteiger partial charge in [0.1, 0.15) is 19.0 Å². The number of nitrogens with zero attached hydrogens (tertiary/aromatic N) is 4. The van der Waals surface area contributed by atoms with E-state index in [1.807, 2.05) is 66.1 Å². The summed E-state index contributed by atoms with van der Waals surface area (Å²) < 4.78 is 18.7. The van der Waals surface area contributed by atoms with Crippen LogP contribution in [0.1, 0.15) is 11.3 Å². The van der Waals surface area contributed by atoms with Crippen LogP contribution in [0.4, 0.5) is 0 Å². The zero-order valence-corrected chi connectivity index (χ0v) is 19.7. The Morgan fingerprint density at radius 1 is 1.06 bits per heavy atom. The van der Waals surface area contributed by atoms with E-state index in [0.717, 1.165) is 34.1 Å². The number of hydrogen-bond donors (Lipinski definition) is 0. The first-order valence-electron chi connectivity index (χ1n) is 10.9. The van der Waals surface area contributed by atoms with Crippen molar-refractivity contribution in [2.75, 3.05) is 26.0 Å². The van der Waals surface area contributed by atoms with Gasteiger partial charge in [0, 0.05) is 19.3 Å². The van der Waals surface area contributed by atoms with Gasteiger partial charge < -0.3 is 18.8 Å². The Morgan fingerprint density at radius 3 is 2.62 bits per heavy atom. The van der Waals surface area contributed by atoms with Gasteiger partial charge in [0.05, 0.1) is 17.6 Å². The number of fused-ring (bicyclic) bond motifs is 1. The number of furan rings is 1. The molecule has 0 saturated heterocycles. The second-order valence-electron chi connectivity index (χ2n) is 7.88. The number of ether oxygens (including phenoxy) is 2. The standard InChI is InChI=1S/C25H24N4O4S/c1-17-20(10-11-31-17)24-26-27-25(29(24)19-6-4-3-5-7-19)34-16-23(30)28(2)15-18-8-9-21-22(14-18)33-13-12-32-21/h3-11,14H,12-13,15-16H2,1-2H3. The average Bonchev–Trinajstić information content (AvgIpc) is 3.48. The Bertz CT molecular complexity index is 1300. The van der Waals surface area contributed by atoms with Gasteiger partial charge in [0.25, 0.3) is 0 Å². The fourth-order valence-electron chi connectivity index (χ4n) is 3.75. The summed E-state index contributed by atoms with van der Waals surface area (Å²) in [7, 11) is 1.79. The summed E-state index contributed by atoms with van der Waals surface area (Å²) in [6.45, 7) is 3.45. The largest absolute Gasteiger partial charge is 0.486 e. The monoisotopic (exact) mass is 476 g/mol. The van der Waals surface area contributed by atoms with E-state index in [1.54, 1.807) is 18.2 Å². The van der Waals surface area contributed by atoms with Gasteiger partial charge in [-0.15, -0.1) is 10.2 Å². The van der Waals surface area contributed by atoms with Crippen LogP contribution in [0.15, 0.2) is 70.4 Å². The first-order valence-corrected chi connectivity index (χ1v) is 11.9. The first-order chi connectivity index (χ1) is 16.6. The molecule has 1 aliphatic rings. The molecule has 0 saturated carbocycles. The van der Waals surface area contributed by atoms with Crippen LogP contribution in [0.25, 0.3) is 17.1 Å². The van der Waals surface area contributed by atoms with Gasteiger partial charge in [-0.2, -0.15) is 0 Å². The van der Waals surface area contributed by atoms with Gasteiger partial charge in [0.2, 0.25) is 5.91 Å². The highest BCUT2D eigenvalue weighted by Crippen LogP contribution is 2.32. The zero-order chi connectivity index (χ0) is 23.5. The molecule has 8 nitrogen and oxygen atoms in total. The molecule has 4 aromatic rings. The number of rotatable bonds is 7. The molecule has 0 N–H and O–H groups in total. The number of aromatic nitrogens is 3. The number of benzene rings is 2. The van der Waals surface area contributed by atoms with E-state index < -0.39 is 0 Å². The van der Waals surface area contributed by atoms with Crippen molar-refractivity contribution in [3.63, 3.8) is 0 Å². The second kappa shape index (κ2) is 9.64. The van der Waals surface area contributed by atoms with Crippen molar-refractivity contribution in [2.45, 2.75) is 18.6 Å². The molecular weight excluding hydrogens is 452 g/mol. The highest BCUT2D eigenvalue weighted by Gasteiger charge is 2.21. The molecule has 0 fully saturated rings. The third kappa shape index (κ3) is 4.51. The number of hydrogen-bond acceptors (Lipinski definition) is 7. The quantitative estimate of drug-likeness (QED) is 0.367. The van der Waals surface area contributed by atoms with E-state index >= 15 is 0 Å². The van der Waals surface area contributed by atoms with Gasteiger partial charge in [-0.1, -0.05) is 36.0 Å². The van der Waals surface area contributed by atoms with E-state index in [0.29, 0.717) is 30.7 Å². The molecule has 0 bridgehead atoms. The van der Waals surface area contributed by atoms with E-state index in [9.17, 15) is 4.79 Å². The van der Waals surface area contributed by atoms with E-state index in [4.69, 9.17) is 13.9 Å². The number of aryl methyl sites for hydroxylation is 1. The van der Waals surface area contributed by atoms with Crippen molar-refractivity contribution in [1.82, 2.24) is 19.7 Å². The average molecular weight is 477 g/mol. The van der Waals surface area contributed by atoms with E-state index in [-0.39, 0.29) is 11.7 Å². The van der Waals surface area contributed by atoms with Crippen LogP contribution in [-0.2, 0) is 11.3 Å². The predicted molar refractivity (Wildman–Crippen MR) is 128 cm³/mol. The van der Waals surface area contributed by atoms with Crippen LogP contribution >= 0.6 is 11.8 Å². The Balaban J connectivity index is 1.31. The minimum atomic E-state index is -0.0106. The Labute approximate surface area is 201 Å². The van der Waals surface area contributed by atoms with Crippen molar-refractivity contribution in [2.24, 2.45) is 0 Å². The molecule has 1 aliphatic heterocycles. The number of amides is 1. The van der Waals surface area contributed by atoms with Crippen LogP contribution in [0.5, 0.6) is 11.5 Å². The minimum Gasteiger partial charge on any atom is -0.486 e. The molecule has 0 unspecified atom stereocenters. The Morgan fingerprint density at radius 2 is 1.85 bits per heavy atom. The van der Waals surface area contributed by atoms with Crippen LogP contribution in [0.3, 0.4) is 0 Å². The number of thioether (sulfide) groups is 1. The summed E-state index contributed by atoms with van der Waals surface area (Å²) in [5.74, 6) is 3.12. The second-order valence-corrected chi connectivity index (χ2v) is 8.83. The molecule has 2 aromatic carbocycles. The number of para-hydroxylation sites is 1. The van der Waals surface area contributed by atoms with Crippen molar-refractivity contribution >= 4 is 17.7 Å². The maximum absolute atomic E-state index is 12.9. The smallest absolute Gasteiger partial charge is 0.233 e. The van der Waals surface area contributed by atoms with Crippen molar-refractivity contribution in [1.29, 1.82) is 0 Å². The van der Waals surface area contributed by atoms with Crippen molar-refractivity contribution in [3.8, 4) is 28.6 Å². The topological polar surface area (TPSA) is 82.6 Å². The fraction of sp³-hybridized carbons (Fsp3) is 0.240. The molecule has 2 aromatic heterocycles. The highest BCUT2D eigenvalue weighted by atomic mass is 32.2. The van der Waals surface area contributed by atoms with E-state index in [1.165, 1.54) is 11.8 Å². The third-order valence-corrected chi connectivity index (χ3v) is 6.44. The molecule has 5 rings (SSSR count). The van der Waals surface area contributed by atoms with Crippen LogP contribution in [0, 0.1) is 6.92 Å². The third-order valence-electron chi connectivity index (χ3n) is 5.52. The maximum atomic E-state index is 12.9. The Hall–Kier alpha value is -3.72. The molecule has 0 radical (unpaired) electrons. The summed E-state index contributed by atoms with van der Waals surface area (Å²) in [5.41, 5.74) is 2.77. The normalized spacial score (nSPS) is 12.5. The molecule has 0 atom stereocenters. The lowest BCUT2D eigenvalue weighted by Crippen LogP contribution is -2.28. The fourth-order valence-corrected chi connectivity index (χ4v) is 4.64. The zero-order valence-electron chi connectivity index (χ0n) is 18.9. The lowest BCUT2D eigenvalue weighted by Gasteiger charge is -2.21. The molecule has 34 heavy (non-hydrogen) atoms. The molecule has 0 aliphatic carbocycles.